The van der Waals surface area contributed by atoms with Crippen LogP contribution in [0.3, 0.4) is 0 Å². The van der Waals surface area contributed by atoms with E-state index in [4.69, 9.17) is 11.6 Å². The van der Waals surface area contributed by atoms with Gasteiger partial charge in [0.05, 0.1) is 4.34 Å². The third-order valence-electron chi connectivity index (χ3n) is 1.29. The molecule has 0 spiro atoms. The zero-order valence-corrected chi connectivity index (χ0v) is 7.89. The fourth-order valence-electron chi connectivity index (χ4n) is 0.820. The third kappa shape index (κ3) is 1.48. The quantitative estimate of drug-likeness (QED) is 0.653. The molecular formula is C8H4ClS2. The summed E-state index contributed by atoms with van der Waals surface area (Å²) < 4.78 is 0.841. The Morgan fingerprint density at radius 3 is 2.64 bits per heavy atom. The van der Waals surface area contributed by atoms with Gasteiger partial charge in [0.15, 0.2) is 0 Å². The first kappa shape index (κ1) is 7.35. The van der Waals surface area contributed by atoms with Crippen molar-refractivity contribution in [3.8, 4) is 9.75 Å². The lowest BCUT2D eigenvalue weighted by molar-refractivity contribution is 1.93. The van der Waals surface area contributed by atoms with Gasteiger partial charge in [0.2, 0.25) is 0 Å². The molecular weight excluding hydrogens is 196 g/mol. The molecule has 1 radical (unpaired) electrons. The minimum absolute atomic E-state index is 0.841. The number of thiophene rings is 2. The second-order valence-electron chi connectivity index (χ2n) is 2.02. The summed E-state index contributed by atoms with van der Waals surface area (Å²) in [6.45, 7) is 0. The number of halogens is 1. The summed E-state index contributed by atoms with van der Waals surface area (Å²) in [5, 5.41) is 3.04. The Bertz CT molecular complexity index is 335. The largest absolute Gasteiger partial charge is 0.134 e. The van der Waals surface area contributed by atoms with Gasteiger partial charge in [-0.15, -0.1) is 22.7 Å². The molecule has 0 saturated carbocycles. The highest BCUT2D eigenvalue weighted by atomic mass is 35.5. The molecule has 0 aliphatic rings. The highest BCUT2D eigenvalue weighted by Crippen LogP contribution is 2.33. The molecule has 55 valence electrons. The monoisotopic (exact) mass is 199 g/mol. The Hall–Kier alpha value is -0.310. The Morgan fingerprint density at radius 1 is 1.18 bits per heavy atom. The number of hydrogen-bond donors (Lipinski definition) is 0. The Labute approximate surface area is 78.1 Å². The summed E-state index contributed by atoms with van der Waals surface area (Å²) in [4.78, 5) is 2.46. The molecule has 0 aliphatic carbocycles. The van der Waals surface area contributed by atoms with Gasteiger partial charge in [-0.05, 0) is 24.3 Å². The van der Waals surface area contributed by atoms with Crippen LogP contribution in [0.1, 0.15) is 0 Å². The molecule has 2 heterocycles. The second-order valence-corrected chi connectivity index (χ2v) is 4.62. The predicted molar refractivity (Wildman–Crippen MR) is 51.5 cm³/mol. The van der Waals surface area contributed by atoms with Crippen molar-refractivity contribution in [2.45, 2.75) is 0 Å². The summed E-state index contributed by atoms with van der Waals surface area (Å²) in [7, 11) is 0. The van der Waals surface area contributed by atoms with E-state index in [9.17, 15) is 0 Å². The Morgan fingerprint density at radius 2 is 2.09 bits per heavy atom. The van der Waals surface area contributed by atoms with Gasteiger partial charge in [-0.2, -0.15) is 0 Å². The van der Waals surface area contributed by atoms with Crippen molar-refractivity contribution in [2.24, 2.45) is 0 Å². The van der Waals surface area contributed by atoms with Crippen LogP contribution in [0.15, 0.2) is 24.3 Å². The van der Waals surface area contributed by atoms with E-state index in [1.54, 1.807) is 22.7 Å². The third-order valence-corrected chi connectivity index (χ3v) is 3.51. The Balaban J connectivity index is 2.45. The van der Waals surface area contributed by atoms with Crippen LogP contribution in [-0.2, 0) is 0 Å². The van der Waals surface area contributed by atoms with Gasteiger partial charge in [0.1, 0.15) is 0 Å². The molecule has 0 nitrogen and oxygen atoms in total. The lowest BCUT2D eigenvalue weighted by Crippen LogP contribution is -1.55. The first-order valence-corrected chi connectivity index (χ1v) is 5.09. The maximum Gasteiger partial charge on any atom is 0.0935 e. The topological polar surface area (TPSA) is 0 Å². The van der Waals surface area contributed by atoms with Crippen molar-refractivity contribution in [2.75, 3.05) is 0 Å². The van der Waals surface area contributed by atoms with Crippen molar-refractivity contribution in [1.29, 1.82) is 0 Å². The summed E-state index contributed by atoms with van der Waals surface area (Å²) in [5.74, 6) is 0. The molecule has 11 heavy (non-hydrogen) atoms. The van der Waals surface area contributed by atoms with Gasteiger partial charge < -0.3 is 0 Å². The molecule has 2 rings (SSSR count). The van der Waals surface area contributed by atoms with E-state index >= 15 is 0 Å². The lowest BCUT2D eigenvalue weighted by atomic mass is 10.4. The second kappa shape index (κ2) is 2.97. The van der Waals surface area contributed by atoms with Crippen LogP contribution < -0.4 is 0 Å². The normalized spacial score (nSPS) is 10.3. The Kier molecular flexibility index (Phi) is 1.98. The van der Waals surface area contributed by atoms with Crippen LogP contribution in [0.4, 0.5) is 0 Å². The highest BCUT2D eigenvalue weighted by Gasteiger charge is 2.00. The zero-order chi connectivity index (χ0) is 7.68. The van der Waals surface area contributed by atoms with Crippen molar-refractivity contribution >= 4 is 34.3 Å². The van der Waals surface area contributed by atoms with Gasteiger partial charge >= 0.3 is 0 Å². The first-order valence-electron chi connectivity index (χ1n) is 3.08. The fourth-order valence-corrected chi connectivity index (χ4v) is 2.60. The minimum Gasteiger partial charge on any atom is -0.134 e. The van der Waals surface area contributed by atoms with Crippen LogP contribution in [0.5, 0.6) is 0 Å². The molecule has 2 aromatic rings. The van der Waals surface area contributed by atoms with Crippen molar-refractivity contribution in [1.82, 2.24) is 0 Å². The summed E-state index contributed by atoms with van der Waals surface area (Å²) in [6, 6.07) is 7.93. The van der Waals surface area contributed by atoms with Crippen LogP contribution in [0.25, 0.3) is 9.75 Å². The van der Waals surface area contributed by atoms with Crippen molar-refractivity contribution < 1.29 is 0 Å². The highest BCUT2D eigenvalue weighted by molar-refractivity contribution is 7.23. The van der Waals surface area contributed by atoms with E-state index in [0.29, 0.717) is 0 Å². The van der Waals surface area contributed by atoms with Crippen LogP contribution in [0, 0.1) is 5.38 Å². The van der Waals surface area contributed by atoms with Crippen LogP contribution >= 0.6 is 34.3 Å². The van der Waals surface area contributed by atoms with E-state index in [2.05, 4.69) is 5.38 Å². The van der Waals surface area contributed by atoms with Gasteiger partial charge in [-0.25, -0.2) is 0 Å². The van der Waals surface area contributed by atoms with Gasteiger partial charge in [0, 0.05) is 15.1 Å². The molecule has 0 aromatic carbocycles. The zero-order valence-electron chi connectivity index (χ0n) is 5.50. The summed E-state index contributed by atoms with van der Waals surface area (Å²) in [6.07, 6.45) is 0. The number of hydrogen-bond acceptors (Lipinski definition) is 2. The van der Waals surface area contributed by atoms with Gasteiger partial charge in [-0.3, -0.25) is 0 Å². The first-order chi connectivity index (χ1) is 5.36. The number of rotatable bonds is 1. The summed E-state index contributed by atoms with van der Waals surface area (Å²) >= 11 is 9.01. The maximum atomic E-state index is 5.79. The molecule has 0 N–H and O–H groups in total. The molecule has 3 heteroatoms. The smallest absolute Gasteiger partial charge is 0.0935 e. The maximum absolute atomic E-state index is 5.79. The van der Waals surface area contributed by atoms with Crippen LogP contribution in [0.2, 0.25) is 4.34 Å². The SMILES string of the molecule is Clc1ccc(-c2cc[c]s2)s1. The molecule has 0 fully saturated rings. The van der Waals surface area contributed by atoms with Gasteiger partial charge in [0.25, 0.3) is 0 Å². The van der Waals surface area contributed by atoms with E-state index in [0.717, 1.165) is 4.34 Å². The average Bonchev–Trinajstić information content (AvgIpc) is 2.55. The molecule has 0 aliphatic heterocycles. The molecule has 0 bridgehead atoms. The standard InChI is InChI=1S/C8H4ClS2/c9-8-4-3-7(11-8)6-2-1-5-10-6/h1-4H. The van der Waals surface area contributed by atoms with Crippen molar-refractivity contribution in [3.63, 3.8) is 0 Å². The molecule has 0 unspecified atom stereocenters. The molecule has 0 saturated heterocycles. The van der Waals surface area contributed by atoms with Gasteiger partial charge in [-0.1, -0.05) is 11.6 Å². The molecule has 0 atom stereocenters. The minimum atomic E-state index is 0.841. The van der Waals surface area contributed by atoms with E-state index in [-0.39, 0.29) is 0 Å². The van der Waals surface area contributed by atoms with E-state index < -0.39 is 0 Å². The van der Waals surface area contributed by atoms with Crippen LogP contribution in [-0.4, -0.2) is 0 Å². The van der Waals surface area contributed by atoms with Crippen molar-refractivity contribution in [3.05, 3.63) is 34.0 Å². The average molecular weight is 200 g/mol. The predicted octanol–water partition coefficient (Wildman–Crippen LogP) is 3.93. The lowest BCUT2D eigenvalue weighted by Gasteiger charge is -1.85. The molecule has 0 amide bonds. The van der Waals surface area contributed by atoms with E-state index in [1.165, 1.54) is 9.75 Å². The summed E-state index contributed by atoms with van der Waals surface area (Å²) in [5.41, 5.74) is 0. The fraction of sp³-hybridized carbons (Fsp3) is 0. The van der Waals surface area contributed by atoms with E-state index in [1.807, 2.05) is 24.3 Å². The molecule has 2 aromatic heterocycles.